The molecule has 4 atom stereocenters. The van der Waals surface area contributed by atoms with Crippen LogP contribution in [0.1, 0.15) is 29.8 Å². The van der Waals surface area contributed by atoms with Gasteiger partial charge in [-0.2, -0.15) is 10.4 Å². The number of aryl methyl sites for hydroxylation is 1. The molecule has 41 heavy (non-hydrogen) atoms. The van der Waals surface area contributed by atoms with E-state index >= 15 is 0 Å². The van der Waals surface area contributed by atoms with E-state index in [4.69, 9.17) is 15.5 Å². The molecule has 2 fully saturated rings. The zero-order chi connectivity index (χ0) is 28.3. The fraction of sp³-hybridized carbons (Fsp3) is 0.300. The Labute approximate surface area is 237 Å². The highest BCUT2D eigenvalue weighted by molar-refractivity contribution is 5.98. The van der Waals surface area contributed by atoms with Crippen LogP contribution in [0.25, 0.3) is 33.4 Å². The number of nitrogens with one attached hydrogen (secondary N) is 2. The Morgan fingerprint density at radius 3 is 2.63 bits per heavy atom. The molecule has 0 saturated carbocycles. The van der Waals surface area contributed by atoms with Crippen LogP contribution in [-0.4, -0.2) is 65.9 Å². The van der Waals surface area contributed by atoms with Crippen LogP contribution in [0.15, 0.2) is 61.3 Å². The van der Waals surface area contributed by atoms with Gasteiger partial charge in [0.25, 0.3) is 0 Å². The lowest BCUT2D eigenvalue weighted by Crippen LogP contribution is -2.67. The monoisotopic (exact) mass is 546 g/mol. The molecule has 0 radical (unpaired) electrons. The normalized spacial score (nSPS) is 23.7. The molecule has 0 aliphatic carbocycles. The Bertz CT molecular complexity index is 1780. The van der Waals surface area contributed by atoms with Gasteiger partial charge in [0, 0.05) is 85.2 Å². The fourth-order valence-electron chi connectivity index (χ4n) is 6.44. The minimum absolute atomic E-state index is 0.110. The summed E-state index contributed by atoms with van der Waals surface area (Å²) in [5, 5.41) is 18.6. The zero-order valence-electron chi connectivity index (χ0n) is 23.0. The van der Waals surface area contributed by atoms with Crippen LogP contribution in [-0.2, 0) is 13.6 Å². The van der Waals surface area contributed by atoms with Crippen molar-refractivity contribution >= 4 is 11.0 Å². The first-order chi connectivity index (χ1) is 19.9. The predicted molar refractivity (Wildman–Crippen MR) is 153 cm³/mol. The standard InChI is InChI=1S/C30H30N10O/c1-30(32)27-24(14-35-27)40(15-17-4-7-25(41-3)34-10-17)28(30)22-6-5-18(11-33-22)26-19(9-31)12-36-29-21(26)8-23(38-29)20-13-37-39(2)16-20/h4-8,10-13,16,24,27-28,35H,14-15,32H2,1-3H3,(H,36,38)/t24-,27+,28?,30-/m0/s1. The summed E-state index contributed by atoms with van der Waals surface area (Å²) in [5.74, 6) is 0.591. The highest BCUT2D eigenvalue weighted by Crippen LogP contribution is 2.46. The molecule has 4 N–H and O–H groups in total. The highest BCUT2D eigenvalue weighted by Gasteiger charge is 2.59. The SMILES string of the molecule is COc1ccc(CN2C(c3ccc(-c4c(C#N)cnc5[nH]c(-c6cnn(C)c6)cc45)cn3)[C@@](C)(N)[C@@H]3NC[C@@H]32)cn1. The second-order valence-corrected chi connectivity index (χ2v) is 11.1. The number of fused-ring (bicyclic) bond motifs is 2. The molecule has 206 valence electrons. The van der Waals surface area contributed by atoms with Crippen LogP contribution in [0.5, 0.6) is 5.88 Å². The summed E-state index contributed by atoms with van der Waals surface area (Å²) < 4.78 is 6.99. The van der Waals surface area contributed by atoms with E-state index in [1.54, 1.807) is 24.2 Å². The van der Waals surface area contributed by atoms with E-state index in [1.165, 1.54) is 0 Å². The third kappa shape index (κ3) is 4.07. The minimum Gasteiger partial charge on any atom is -0.481 e. The van der Waals surface area contributed by atoms with Crippen molar-refractivity contribution in [3.05, 3.63) is 78.1 Å². The summed E-state index contributed by atoms with van der Waals surface area (Å²) >= 11 is 0. The summed E-state index contributed by atoms with van der Waals surface area (Å²) in [6.45, 7) is 3.68. The number of nitrogens with zero attached hydrogens (tertiary/aromatic N) is 7. The van der Waals surface area contributed by atoms with Crippen LogP contribution in [0.3, 0.4) is 0 Å². The van der Waals surface area contributed by atoms with Crippen molar-refractivity contribution in [3.63, 3.8) is 0 Å². The van der Waals surface area contributed by atoms with Gasteiger partial charge in [-0.3, -0.25) is 14.6 Å². The third-order valence-electron chi connectivity index (χ3n) is 8.47. The van der Waals surface area contributed by atoms with E-state index < -0.39 is 5.54 Å². The molecule has 5 aromatic heterocycles. The van der Waals surface area contributed by atoms with Gasteiger partial charge in [0.1, 0.15) is 11.7 Å². The van der Waals surface area contributed by atoms with E-state index in [9.17, 15) is 5.26 Å². The number of likely N-dealkylation sites (tertiary alicyclic amines) is 1. The van der Waals surface area contributed by atoms with Crippen molar-refractivity contribution in [1.29, 1.82) is 5.26 Å². The lowest BCUT2D eigenvalue weighted by atomic mass is 9.82. The van der Waals surface area contributed by atoms with Gasteiger partial charge in [-0.1, -0.05) is 12.1 Å². The second kappa shape index (κ2) is 9.49. The lowest BCUT2D eigenvalue weighted by molar-refractivity contribution is 0.134. The largest absolute Gasteiger partial charge is 0.481 e. The van der Waals surface area contributed by atoms with Crippen molar-refractivity contribution in [2.75, 3.05) is 13.7 Å². The van der Waals surface area contributed by atoms with E-state index in [0.717, 1.165) is 45.6 Å². The van der Waals surface area contributed by atoms with Crippen LogP contribution >= 0.6 is 0 Å². The molecule has 7 heterocycles. The molecule has 1 unspecified atom stereocenters. The predicted octanol–water partition coefficient (Wildman–Crippen LogP) is 2.92. The van der Waals surface area contributed by atoms with E-state index in [1.807, 2.05) is 56.0 Å². The molecule has 11 heteroatoms. The minimum atomic E-state index is -0.529. The van der Waals surface area contributed by atoms with Crippen molar-refractivity contribution in [2.45, 2.75) is 37.1 Å². The lowest BCUT2D eigenvalue weighted by Gasteiger charge is -2.40. The number of pyridine rings is 3. The summed E-state index contributed by atoms with van der Waals surface area (Å²) in [6.07, 6.45) is 9.05. The molecule has 7 rings (SSSR count). The molecule has 2 aliphatic rings. The molecule has 2 aliphatic heterocycles. The number of aromatic amines is 1. The van der Waals surface area contributed by atoms with Gasteiger partial charge in [-0.15, -0.1) is 0 Å². The van der Waals surface area contributed by atoms with E-state index in [-0.39, 0.29) is 12.1 Å². The molecule has 0 aromatic carbocycles. The Hall–Kier alpha value is -4.63. The number of nitrogens with two attached hydrogens (primary N) is 1. The highest BCUT2D eigenvalue weighted by atomic mass is 16.5. The number of nitriles is 1. The first-order valence-electron chi connectivity index (χ1n) is 13.5. The molecule has 5 aromatic rings. The van der Waals surface area contributed by atoms with E-state index in [2.05, 4.69) is 43.3 Å². The zero-order valence-corrected chi connectivity index (χ0v) is 23.0. The van der Waals surface area contributed by atoms with Crippen molar-refractivity contribution in [2.24, 2.45) is 12.8 Å². The average Bonchev–Trinajstić information content (AvgIpc) is 3.61. The van der Waals surface area contributed by atoms with Gasteiger partial charge < -0.3 is 20.8 Å². The fourth-order valence-corrected chi connectivity index (χ4v) is 6.44. The van der Waals surface area contributed by atoms with Gasteiger partial charge >= 0.3 is 0 Å². The van der Waals surface area contributed by atoms with E-state index in [0.29, 0.717) is 29.7 Å². The summed E-state index contributed by atoms with van der Waals surface area (Å²) in [4.78, 5) is 19.7. The molecular weight excluding hydrogens is 516 g/mol. The molecule has 0 amide bonds. The summed E-state index contributed by atoms with van der Waals surface area (Å²) in [6, 6.07) is 12.7. The first kappa shape index (κ1) is 25.3. The summed E-state index contributed by atoms with van der Waals surface area (Å²) in [5.41, 5.74) is 13.1. The number of rotatable bonds is 6. The number of methoxy groups -OCH3 is 1. The molecule has 0 bridgehead atoms. The Balaban J connectivity index is 1.26. The van der Waals surface area contributed by atoms with Crippen LogP contribution in [0, 0.1) is 11.3 Å². The number of hydrogen-bond donors (Lipinski definition) is 3. The molecule has 0 spiro atoms. The Morgan fingerprint density at radius 2 is 2.00 bits per heavy atom. The van der Waals surface area contributed by atoms with Crippen molar-refractivity contribution in [3.8, 4) is 34.3 Å². The maximum atomic E-state index is 9.96. The van der Waals surface area contributed by atoms with Crippen molar-refractivity contribution < 1.29 is 4.74 Å². The van der Waals surface area contributed by atoms with Gasteiger partial charge in [-0.05, 0) is 24.6 Å². The Kier molecular flexibility index (Phi) is 5.86. The second-order valence-electron chi connectivity index (χ2n) is 11.1. The van der Waals surface area contributed by atoms with Crippen LogP contribution in [0.4, 0.5) is 0 Å². The topological polar surface area (TPSA) is 147 Å². The van der Waals surface area contributed by atoms with Gasteiger partial charge in [0.05, 0.1) is 41.8 Å². The van der Waals surface area contributed by atoms with Gasteiger partial charge in [0.2, 0.25) is 5.88 Å². The molecule has 11 nitrogen and oxygen atoms in total. The molecular formula is C30H30N10O. The smallest absolute Gasteiger partial charge is 0.212 e. The number of ether oxygens (including phenoxy) is 1. The van der Waals surface area contributed by atoms with Crippen molar-refractivity contribution in [1.82, 2.24) is 39.9 Å². The van der Waals surface area contributed by atoms with Crippen LogP contribution in [0.2, 0.25) is 0 Å². The van der Waals surface area contributed by atoms with Gasteiger partial charge in [-0.25, -0.2) is 9.97 Å². The maximum Gasteiger partial charge on any atom is 0.212 e. The number of H-pyrrole nitrogens is 1. The third-order valence-corrected chi connectivity index (χ3v) is 8.47. The Morgan fingerprint density at radius 1 is 1.12 bits per heavy atom. The average molecular weight is 547 g/mol. The number of aromatic nitrogens is 6. The molecule has 2 saturated heterocycles. The summed E-state index contributed by atoms with van der Waals surface area (Å²) in [7, 11) is 3.49. The number of hydrogen-bond acceptors (Lipinski definition) is 9. The van der Waals surface area contributed by atoms with Crippen LogP contribution < -0.4 is 15.8 Å². The quantitative estimate of drug-likeness (QED) is 0.292. The van der Waals surface area contributed by atoms with Gasteiger partial charge in [0.15, 0.2) is 0 Å². The maximum absolute atomic E-state index is 9.96. The first-order valence-corrected chi connectivity index (χ1v) is 13.5.